The van der Waals surface area contributed by atoms with Crippen LogP contribution in [0.15, 0.2) is 27.6 Å². The SMILES string of the molecule is O=C(c1ccc(Br)cc1S)N1CCCNCC1. The third-order valence-electron chi connectivity index (χ3n) is 2.82. The Morgan fingerprint density at radius 1 is 1.35 bits per heavy atom. The van der Waals surface area contributed by atoms with Crippen molar-refractivity contribution in [2.75, 3.05) is 26.2 Å². The zero-order chi connectivity index (χ0) is 12.3. The first-order valence-electron chi connectivity index (χ1n) is 5.67. The second-order valence-electron chi connectivity index (χ2n) is 4.06. The van der Waals surface area contributed by atoms with E-state index in [4.69, 9.17) is 0 Å². The summed E-state index contributed by atoms with van der Waals surface area (Å²) in [6, 6.07) is 5.56. The molecule has 1 saturated heterocycles. The summed E-state index contributed by atoms with van der Waals surface area (Å²) in [6.45, 7) is 3.43. The van der Waals surface area contributed by atoms with E-state index in [1.54, 1.807) is 0 Å². The van der Waals surface area contributed by atoms with E-state index in [9.17, 15) is 4.79 Å². The molecule has 2 rings (SSSR count). The van der Waals surface area contributed by atoms with Gasteiger partial charge < -0.3 is 10.2 Å². The minimum Gasteiger partial charge on any atom is -0.337 e. The van der Waals surface area contributed by atoms with Crippen LogP contribution < -0.4 is 5.32 Å². The molecule has 1 amide bonds. The summed E-state index contributed by atoms with van der Waals surface area (Å²) in [5, 5.41) is 3.29. The topological polar surface area (TPSA) is 32.3 Å². The van der Waals surface area contributed by atoms with Crippen molar-refractivity contribution in [3.05, 3.63) is 28.2 Å². The van der Waals surface area contributed by atoms with E-state index in [1.807, 2.05) is 23.1 Å². The van der Waals surface area contributed by atoms with Crippen molar-refractivity contribution >= 4 is 34.5 Å². The van der Waals surface area contributed by atoms with Gasteiger partial charge in [0, 0.05) is 29.0 Å². The van der Waals surface area contributed by atoms with Crippen LogP contribution in [-0.2, 0) is 0 Å². The number of hydrogen-bond acceptors (Lipinski definition) is 3. The van der Waals surface area contributed by atoms with Crippen LogP contribution in [0.2, 0.25) is 0 Å². The van der Waals surface area contributed by atoms with Crippen molar-refractivity contribution < 1.29 is 4.79 Å². The predicted octanol–water partition coefficient (Wildman–Crippen LogP) is 2.17. The minimum atomic E-state index is 0.0752. The molecule has 0 aromatic heterocycles. The average Bonchev–Trinajstić information content (AvgIpc) is 2.56. The van der Waals surface area contributed by atoms with Gasteiger partial charge in [-0.15, -0.1) is 12.6 Å². The molecule has 0 unspecified atom stereocenters. The summed E-state index contributed by atoms with van der Waals surface area (Å²) < 4.78 is 0.941. The number of carbonyl (C=O) groups is 1. The van der Waals surface area contributed by atoms with Crippen LogP contribution in [0.3, 0.4) is 0 Å². The van der Waals surface area contributed by atoms with E-state index in [0.717, 1.165) is 42.0 Å². The summed E-state index contributed by atoms with van der Waals surface area (Å²) in [5.74, 6) is 0.0752. The Morgan fingerprint density at radius 3 is 2.94 bits per heavy atom. The van der Waals surface area contributed by atoms with Gasteiger partial charge in [0.25, 0.3) is 5.91 Å². The lowest BCUT2D eigenvalue weighted by Gasteiger charge is -2.20. The lowest BCUT2D eigenvalue weighted by Crippen LogP contribution is -2.34. The zero-order valence-corrected chi connectivity index (χ0v) is 11.9. The summed E-state index contributed by atoms with van der Waals surface area (Å²) in [4.78, 5) is 14.9. The first-order valence-corrected chi connectivity index (χ1v) is 6.91. The molecular formula is C12H15BrN2OS. The minimum absolute atomic E-state index is 0.0752. The Hall–Kier alpha value is -0.520. The molecule has 0 spiro atoms. The van der Waals surface area contributed by atoms with E-state index in [0.29, 0.717) is 5.56 Å². The maximum absolute atomic E-state index is 12.3. The molecule has 1 N–H and O–H groups in total. The van der Waals surface area contributed by atoms with Gasteiger partial charge in [-0.25, -0.2) is 0 Å². The van der Waals surface area contributed by atoms with Crippen LogP contribution in [0.4, 0.5) is 0 Å². The highest BCUT2D eigenvalue weighted by Gasteiger charge is 2.18. The number of rotatable bonds is 1. The molecule has 3 nitrogen and oxygen atoms in total. The lowest BCUT2D eigenvalue weighted by atomic mass is 10.2. The molecule has 1 heterocycles. The highest BCUT2D eigenvalue weighted by molar-refractivity contribution is 9.10. The third kappa shape index (κ3) is 3.24. The van der Waals surface area contributed by atoms with Gasteiger partial charge >= 0.3 is 0 Å². The number of benzene rings is 1. The normalized spacial score (nSPS) is 16.7. The second-order valence-corrected chi connectivity index (χ2v) is 5.45. The second kappa shape index (κ2) is 5.89. The van der Waals surface area contributed by atoms with Crippen molar-refractivity contribution in [3.8, 4) is 0 Å². The van der Waals surface area contributed by atoms with E-state index >= 15 is 0 Å². The molecule has 1 aromatic rings. The third-order valence-corrected chi connectivity index (χ3v) is 3.68. The van der Waals surface area contributed by atoms with Crippen LogP contribution in [0.25, 0.3) is 0 Å². The molecule has 0 saturated carbocycles. The van der Waals surface area contributed by atoms with Gasteiger partial charge in [0.2, 0.25) is 0 Å². The number of amides is 1. The van der Waals surface area contributed by atoms with E-state index in [1.165, 1.54) is 0 Å². The summed E-state index contributed by atoms with van der Waals surface area (Å²) in [5.41, 5.74) is 0.679. The van der Waals surface area contributed by atoms with Crippen molar-refractivity contribution in [2.24, 2.45) is 0 Å². The standard InChI is InChI=1S/C12H15BrN2OS/c13-9-2-3-10(11(17)8-9)12(16)15-6-1-4-14-5-7-15/h2-3,8,14,17H,1,4-7H2. The molecule has 1 aliphatic rings. The van der Waals surface area contributed by atoms with Crippen LogP contribution in [0.5, 0.6) is 0 Å². The lowest BCUT2D eigenvalue weighted by molar-refractivity contribution is 0.0763. The Labute approximate surface area is 115 Å². The molecule has 1 aromatic carbocycles. The van der Waals surface area contributed by atoms with Crippen molar-refractivity contribution in [3.63, 3.8) is 0 Å². The van der Waals surface area contributed by atoms with Gasteiger partial charge in [-0.05, 0) is 31.2 Å². The number of thiol groups is 1. The fraction of sp³-hybridized carbons (Fsp3) is 0.417. The highest BCUT2D eigenvalue weighted by atomic mass is 79.9. The Bertz CT molecular complexity index is 417. The fourth-order valence-corrected chi connectivity index (χ4v) is 2.75. The van der Waals surface area contributed by atoms with Gasteiger partial charge in [0.1, 0.15) is 0 Å². The molecule has 0 aliphatic carbocycles. The first-order chi connectivity index (χ1) is 8.18. The van der Waals surface area contributed by atoms with Crippen LogP contribution >= 0.6 is 28.6 Å². The molecule has 5 heteroatoms. The monoisotopic (exact) mass is 314 g/mol. The Balaban J connectivity index is 2.17. The number of carbonyl (C=O) groups excluding carboxylic acids is 1. The van der Waals surface area contributed by atoms with Crippen LogP contribution in [-0.4, -0.2) is 37.0 Å². The number of halogens is 1. The number of hydrogen-bond donors (Lipinski definition) is 2. The predicted molar refractivity (Wildman–Crippen MR) is 74.8 cm³/mol. The van der Waals surface area contributed by atoms with Gasteiger partial charge in [-0.3, -0.25) is 4.79 Å². The number of nitrogens with one attached hydrogen (secondary N) is 1. The molecule has 92 valence electrons. The van der Waals surface area contributed by atoms with E-state index in [-0.39, 0.29) is 5.91 Å². The summed E-state index contributed by atoms with van der Waals surface area (Å²) in [6.07, 6.45) is 1.00. The zero-order valence-electron chi connectivity index (χ0n) is 9.45. The molecule has 1 fully saturated rings. The smallest absolute Gasteiger partial charge is 0.255 e. The van der Waals surface area contributed by atoms with Gasteiger partial charge in [0.05, 0.1) is 5.56 Å². The maximum atomic E-state index is 12.3. The van der Waals surface area contributed by atoms with Gasteiger partial charge in [-0.1, -0.05) is 15.9 Å². The fourth-order valence-electron chi connectivity index (χ4n) is 1.90. The molecular weight excluding hydrogens is 300 g/mol. The Morgan fingerprint density at radius 2 is 2.18 bits per heavy atom. The van der Waals surface area contributed by atoms with Gasteiger partial charge in [0.15, 0.2) is 0 Å². The first kappa shape index (κ1) is 12.9. The molecule has 0 bridgehead atoms. The molecule has 17 heavy (non-hydrogen) atoms. The highest BCUT2D eigenvalue weighted by Crippen LogP contribution is 2.21. The quantitative estimate of drug-likeness (QED) is 0.779. The summed E-state index contributed by atoms with van der Waals surface area (Å²) in [7, 11) is 0. The average molecular weight is 315 g/mol. The van der Waals surface area contributed by atoms with Gasteiger partial charge in [-0.2, -0.15) is 0 Å². The maximum Gasteiger partial charge on any atom is 0.255 e. The van der Waals surface area contributed by atoms with E-state index < -0.39 is 0 Å². The molecule has 0 atom stereocenters. The molecule has 1 aliphatic heterocycles. The van der Waals surface area contributed by atoms with Crippen LogP contribution in [0, 0.1) is 0 Å². The largest absolute Gasteiger partial charge is 0.337 e. The van der Waals surface area contributed by atoms with Crippen molar-refractivity contribution in [2.45, 2.75) is 11.3 Å². The molecule has 0 radical (unpaired) electrons. The van der Waals surface area contributed by atoms with E-state index in [2.05, 4.69) is 33.9 Å². The summed E-state index contributed by atoms with van der Waals surface area (Å²) >= 11 is 7.73. The Kier molecular flexibility index (Phi) is 4.48. The number of nitrogens with zero attached hydrogens (tertiary/aromatic N) is 1. The van der Waals surface area contributed by atoms with Crippen molar-refractivity contribution in [1.82, 2.24) is 10.2 Å². The van der Waals surface area contributed by atoms with Crippen LogP contribution in [0.1, 0.15) is 16.8 Å². The van der Waals surface area contributed by atoms with Crippen molar-refractivity contribution in [1.29, 1.82) is 0 Å².